The first-order valence-electron chi connectivity index (χ1n) is 12.4. The number of aliphatic hydroxyl groups is 1. The minimum Gasteiger partial charge on any atom is -0.456 e. The van der Waals surface area contributed by atoms with Crippen molar-refractivity contribution in [3.05, 3.63) is 84.9 Å². The fraction of sp³-hybridized carbons (Fsp3) is 0.194. The second kappa shape index (κ2) is 8.84. The van der Waals surface area contributed by atoms with Gasteiger partial charge in [0.25, 0.3) is 0 Å². The van der Waals surface area contributed by atoms with Gasteiger partial charge in [-0.2, -0.15) is 0 Å². The molecule has 0 bridgehead atoms. The summed E-state index contributed by atoms with van der Waals surface area (Å²) in [4.78, 5) is 5.05. The molecule has 6 rings (SSSR count). The zero-order chi connectivity index (χ0) is 25.8. The topological polar surface area (TPSA) is 55.5 Å². The van der Waals surface area contributed by atoms with Gasteiger partial charge in [-0.05, 0) is 51.0 Å². The van der Waals surface area contributed by atoms with Crippen molar-refractivity contribution >= 4 is 56.4 Å². The van der Waals surface area contributed by atoms with Crippen molar-refractivity contribution < 1.29 is 14.2 Å². The van der Waals surface area contributed by atoms with Crippen LogP contribution in [-0.2, 0) is 4.65 Å². The molecule has 4 nitrogen and oxygen atoms in total. The van der Waals surface area contributed by atoms with Crippen molar-refractivity contribution in [1.29, 1.82) is 0 Å². The highest BCUT2D eigenvalue weighted by atomic mass is 32.1. The first kappa shape index (κ1) is 23.9. The van der Waals surface area contributed by atoms with Crippen LogP contribution in [0.2, 0.25) is 0 Å². The molecule has 1 radical (unpaired) electrons. The van der Waals surface area contributed by atoms with Gasteiger partial charge in [-0.15, -0.1) is 11.3 Å². The molecule has 0 unspecified atom stereocenters. The van der Waals surface area contributed by atoms with Crippen molar-refractivity contribution in [3.63, 3.8) is 0 Å². The fourth-order valence-corrected chi connectivity index (χ4v) is 5.32. The van der Waals surface area contributed by atoms with Crippen molar-refractivity contribution in [2.75, 3.05) is 0 Å². The fourth-order valence-electron chi connectivity index (χ4n) is 4.29. The summed E-state index contributed by atoms with van der Waals surface area (Å²) in [6, 6.07) is 29.1. The Labute approximate surface area is 220 Å². The second-order valence-electron chi connectivity index (χ2n) is 10.4. The third-order valence-corrected chi connectivity index (χ3v) is 8.30. The van der Waals surface area contributed by atoms with E-state index >= 15 is 0 Å². The summed E-state index contributed by atoms with van der Waals surface area (Å²) in [5.41, 5.74) is 4.72. The molecular weight excluding hydrogens is 477 g/mol. The Kier molecular flexibility index (Phi) is 5.72. The molecule has 0 spiro atoms. The summed E-state index contributed by atoms with van der Waals surface area (Å²) in [6.07, 6.45) is 0. The number of benzene rings is 4. The van der Waals surface area contributed by atoms with Gasteiger partial charge in [0.1, 0.15) is 16.2 Å². The third-order valence-electron chi connectivity index (χ3n) is 7.25. The quantitative estimate of drug-likeness (QED) is 0.241. The number of rotatable bonds is 6. The Morgan fingerprint density at radius 2 is 1.46 bits per heavy atom. The van der Waals surface area contributed by atoms with E-state index in [1.165, 1.54) is 11.1 Å². The van der Waals surface area contributed by atoms with Crippen molar-refractivity contribution in [2.45, 2.75) is 38.9 Å². The van der Waals surface area contributed by atoms with Crippen LogP contribution >= 0.6 is 11.3 Å². The van der Waals surface area contributed by atoms with Crippen LogP contribution in [-0.4, -0.2) is 28.8 Å². The molecule has 0 saturated heterocycles. The van der Waals surface area contributed by atoms with Crippen LogP contribution in [0.3, 0.4) is 0 Å². The molecule has 37 heavy (non-hydrogen) atoms. The van der Waals surface area contributed by atoms with Gasteiger partial charge < -0.3 is 14.2 Å². The number of aromatic nitrogens is 1. The number of hydrogen-bond donors (Lipinski definition) is 1. The first-order valence-corrected chi connectivity index (χ1v) is 13.2. The first-order chi connectivity index (χ1) is 17.7. The summed E-state index contributed by atoms with van der Waals surface area (Å²) >= 11 is 1.65. The molecule has 0 aliphatic carbocycles. The minimum absolute atomic E-state index is 0.733. The van der Waals surface area contributed by atoms with E-state index in [0.717, 1.165) is 48.2 Å². The maximum absolute atomic E-state index is 10.6. The summed E-state index contributed by atoms with van der Waals surface area (Å²) in [6.45, 7) is 7.25. The van der Waals surface area contributed by atoms with Crippen molar-refractivity contribution in [3.8, 4) is 21.7 Å². The average molecular weight is 504 g/mol. The summed E-state index contributed by atoms with van der Waals surface area (Å²) in [5, 5.41) is 13.6. The highest BCUT2D eigenvalue weighted by Gasteiger charge is 2.36. The number of para-hydroxylation sites is 1. The number of thiazole rings is 1. The zero-order valence-electron chi connectivity index (χ0n) is 21.3. The maximum atomic E-state index is 10.6. The second-order valence-corrected chi connectivity index (χ2v) is 11.4. The van der Waals surface area contributed by atoms with E-state index in [0.29, 0.717) is 0 Å². The summed E-state index contributed by atoms with van der Waals surface area (Å²) in [5.74, 6) is 0. The predicted octanol–water partition coefficient (Wildman–Crippen LogP) is 7.34. The molecule has 0 fully saturated rings. The molecule has 2 heterocycles. The molecule has 0 amide bonds. The number of furan rings is 1. The molecule has 6 aromatic rings. The molecule has 6 heteroatoms. The Morgan fingerprint density at radius 3 is 2.19 bits per heavy atom. The molecule has 183 valence electrons. The van der Waals surface area contributed by atoms with E-state index < -0.39 is 11.2 Å². The van der Waals surface area contributed by atoms with Crippen molar-refractivity contribution in [1.82, 2.24) is 4.98 Å². The molecule has 0 aliphatic heterocycles. The molecule has 1 N–H and O–H groups in total. The largest absolute Gasteiger partial charge is 0.456 e. The Morgan fingerprint density at radius 1 is 0.811 bits per heavy atom. The average Bonchev–Trinajstić information content (AvgIpc) is 3.48. The molecular formula is C31H27BNO3S. The van der Waals surface area contributed by atoms with E-state index in [4.69, 9.17) is 14.1 Å². The van der Waals surface area contributed by atoms with Crippen LogP contribution in [0.4, 0.5) is 0 Å². The smallest absolute Gasteiger partial charge is 0.337 e. The molecule has 0 aliphatic rings. The Bertz CT molecular complexity index is 1730. The number of fused-ring (bicyclic) bond motifs is 4. The Balaban J connectivity index is 1.47. The lowest BCUT2D eigenvalue weighted by Crippen LogP contribution is -2.49. The van der Waals surface area contributed by atoms with Crippen LogP contribution in [0, 0.1) is 0 Å². The van der Waals surface area contributed by atoms with Crippen LogP contribution < -0.4 is 5.46 Å². The van der Waals surface area contributed by atoms with Crippen LogP contribution in [0.5, 0.6) is 0 Å². The lowest BCUT2D eigenvalue weighted by molar-refractivity contribution is -0.0892. The van der Waals surface area contributed by atoms with Gasteiger partial charge in [-0.3, -0.25) is 0 Å². The standard InChI is InChI=1S/C31H27BNO3S/c1-30(2,34)31(3,4)36-32-26-27-25(18-23-22-12-8-9-13-24(22)35-28(23)26)37-29(33-27)21-16-14-20(15-17-21)19-10-6-5-7-11-19/h5-18,34H,1-4H3. The van der Waals surface area contributed by atoms with E-state index in [-0.39, 0.29) is 0 Å². The number of hydrogen-bond acceptors (Lipinski definition) is 5. The van der Waals surface area contributed by atoms with E-state index in [1.54, 1.807) is 32.7 Å². The van der Waals surface area contributed by atoms with Crippen LogP contribution in [0.15, 0.2) is 89.3 Å². The van der Waals surface area contributed by atoms with Gasteiger partial charge in [-0.1, -0.05) is 72.8 Å². The normalized spacial score (nSPS) is 12.6. The Hall–Kier alpha value is -3.45. The molecule has 2 aromatic heterocycles. The zero-order valence-corrected chi connectivity index (χ0v) is 22.1. The molecule has 0 saturated carbocycles. The van der Waals surface area contributed by atoms with Gasteiger partial charge in [-0.25, -0.2) is 4.98 Å². The van der Waals surface area contributed by atoms with Gasteiger partial charge in [0.15, 0.2) is 0 Å². The molecule has 0 atom stereocenters. The summed E-state index contributed by atoms with van der Waals surface area (Å²) < 4.78 is 13.6. The van der Waals surface area contributed by atoms with Gasteiger partial charge >= 0.3 is 7.48 Å². The van der Waals surface area contributed by atoms with Gasteiger partial charge in [0.05, 0.1) is 21.4 Å². The lowest BCUT2D eigenvalue weighted by atomic mass is 9.81. The maximum Gasteiger partial charge on any atom is 0.337 e. The SMILES string of the molecule is CC(C)(O)C(C)(C)O[B]c1c2nc(-c3ccc(-c4ccccc4)cc3)sc2cc2c1oc1ccccc12. The van der Waals surface area contributed by atoms with E-state index in [9.17, 15) is 5.11 Å². The monoisotopic (exact) mass is 504 g/mol. The van der Waals surface area contributed by atoms with Gasteiger partial charge in [0, 0.05) is 21.8 Å². The highest BCUT2D eigenvalue weighted by molar-refractivity contribution is 7.22. The van der Waals surface area contributed by atoms with E-state index in [1.807, 2.05) is 38.1 Å². The molecule has 4 aromatic carbocycles. The number of nitrogens with zero attached hydrogens (tertiary/aromatic N) is 1. The van der Waals surface area contributed by atoms with Gasteiger partial charge in [0.2, 0.25) is 0 Å². The highest BCUT2D eigenvalue weighted by Crippen LogP contribution is 2.36. The van der Waals surface area contributed by atoms with E-state index in [2.05, 4.69) is 60.7 Å². The summed E-state index contributed by atoms with van der Waals surface area (Å²) in [7, 11) is 1.70. The predicted molar refractivity (Wildman–Crippen MR) is 155 cm³/mol. The van der Waals surface area contributed by atoms with Crippen molar-refractivity contribution in [2.24, 2.45) is 0 Å². The van der Waals surface area contributed by atoms with Crippen LogP contribution in [0.1, 0.15) is 27.7 Å². The minimum atomic E-state index is -1.04. The van der Waals surface area contributed by atoms with Crippen LogP contribution in [0.25, 0.3) is 53.9 Å². The lowest BCUT2D eigenvalue weighted by Gasteiger charge is -2.37. The third kappa shape index (κ3) is 4.25.